The van der Waals surface area contributed by atoms with Gasteiger partial charge in [0.1, 0.15) is 0 Å². The van der Waals surface area contributed by atoms with Gasteiger partial charge >= 0.3 is 115 Å². The monoisotopic (exact) mass is 306 g/mol. The molecule has 18 heavy (non-hydrogen) atoms. The van der Waals surface area contributed by atoms with E-state index in [0.717, 1.165) is 5.75 Å². The average molecular weight is 305 g/mol. The van der Waals surface area contributed by atoms with Crippen molar-refractivity contribution in [3.05, 3.63) is 53.1 Å². The van der Waals surface area contributed by atoms with Gasteiger partial charge in [-0.2, -0.15) is 0 Å². The molecule has 94 valence electrons. The zero-order chi connectivity index (χ0) is 13.1. The number of hydrogen-bond donors (Lipinski definition) is 0. The van der Waals surface area contributed by atoms with E-state index in [1.807, 2.05) is 12.1 Å². The molecule has 2 aromatic carbocycles. The van der Waals surface area contributed by atoms with Crippen molar-refractivity contribution in [2.75, 3.05) is 7.11 Å². The molecule has 2 aromatic rings. The van der Waals surface area contributed by atoms with Gasteiger partial charge in [-0.25, -0.2) is 0 Å². The Balaban J connectivity index is 2.28. The molecule has 0 heterocycles. The first-order valence-corrected chi connectivity index (χ1v) is 7.71. The first-order valence-electron chi connectivity index (χ1n) is 6.00. The number of aryl methyl sites for hydroxylation is 3. The van der Waals surface area contributed by atoms with Crippen LogP contribution >= 0.6 is 0 Å². The fraction of sp³-hybridized carbons (Fsp3) is 0.250. The zero-order valence-corrected chi connectivity index (χ0v) is 13.0. The zero-order valence-electron chi connectivity index (χ0n) is 11.3. The molecule has 0 amide bonds. The van der Waals surface area contributed by atoms with Crippen LogP contribution in [0.5, 0.6) is 5.75 Å². The summed E-state index contributed by atoms with van der Waals surface area (Å²) in [6, 6.07) is 12.9. The van der Waals surface area contributed by atoms with E-state index in [1.54, 1.807) is 7.11 Å². The summed E-state index contributed by atoms with van der Waals surface area (Å²) < 4.78 is 8.08. The first kappa shape index (κ1) is 13.2. The van der Waals surface area contributed by atoms with Gasteiger partial charge in [-0.1, -0.05) is 0 Å². The van der Waals surface area contributed by atoms with Crippen molar-refractivity contribution in [3.8, 4) is 5.75 Å². The summed E-state index contributed by atoms with van der Waals surface area (Å²) >= 11 is 0.369. The Bertz CT molecular complexity index is 521. The van der Waals surface area contributed by atoms with Gasteiger partial charge in [0.05, 0.1) is 0 Å². The maximum absolute atomic E-state index is 5.19. The molecular formula is C16H18OSe. The van der Waals surface area contributed by atoms with Crippen LogP contribution in [0.3, 0.4) is 0 Å². The Morgan fingerprint density at radius 2 is 1.44 bits per heavy atom. The second kappa shape index (κ2) is 5.60. The molecule has 0 saturated carbocycles. The first-order chi connectivity index (χ1) is 8.60. The molecule has 0 aliphatic carbocycles. The predicted octanol–water partition coefficient (Wildman–Crippen LogP) is 2.28. The third-order valence-electron chi connectivity index (χ3n) is 2.88. The molecule has 0 aliphatic rings. The Labute approximate surface area is 115 Å². The van der Waals surface area contributed by atoms with Crippen LogP contribution in [0.2, 0.25) is 0 Å². The standard InChI is InChI=1S/C16H18OSe/c1-11-9-12(2)16(13(3)10-11)18-15-7-5-14(17-4)6-8-15/h5-10H,1-4H3. The summed E-state index contributed by atoms with van der Waals surface area (Å²) in [7, 11) is 1.70. The molecular weight excluding hydrogens is 287 g/mol. The van der Waals surface area contributed by atoms with E-state index in [-0.39, 0.29) is 0 Å². The van der Waals surface area contributed by atoms with Gasteiger partial charge in [-0.15, -0.1) is 0 Å². The Morgan fingerprint density at radius 3 is 1.94 bits per heavy atom. The normalized spacial score (nSPS) is 10.4. The van der Waals surface area contributed by atoms with Crippen molar-refractivity contribution in [2.45, 2.75) is 20.8 Å². The molecule has 0 spiro atoms. The molecule has 0 N–H and O–H groups in total. The van der Waals surface area contributed by atoms with Crippen LogP contribution in [0, 0.1) is 20.8 Å². The van der Waals surface area contributed by atoms with E-state index in [9.17, 15) is 0 Å². The van der Waals surface area contributed by atoms with Gasteiger partial charge in [0, 0.05) is 0 Å². The molecule has 0 fully saturated rings. The molecule has 0 unspecified atom stereocenters. The van der Waals surface area contributed by atoms with Crippen LogP contribution in [0.1, 0.15) is 16.7 Å². The van der Waals surface area contributed by atoms with Crippen molar-refractivity contribution in [1.82, 2.24) is 0 Å². The van der Waals surface area contributed by atoms with E-state index < -0.39 is 0 Å². The van der Waals surface area contributed by atoms with Gasteiger partial charge < -0.3 is 0 Å². The van der Waals surface area contributed by atoms with Gasteiger partial charge in [-0.3, -0.25) is 0 Å². The molecule has 0 saturated heterocycles. The number of rotatable bonds is 3. The van der Waals surface area contributed by atoms with Crippen LogP contribution in [-0.4, -0.2) is 22.1 Å². The molecule has 1 nitrogen and oxygen atoms in total. The molecule has 2 heteroatoms. The van der Waals surface area contributed by atoms with E-state index in [1.165, 1.54) is 25.6 Å². The topological polar surface area (TPSA) is 9.23 Å². The van der Waals surface area contributed by atoms with Crippen molar-refractivity contribution in [2.24, 2.45) is 0 Å². The summed E-state index contributed by atoms with van der Waals surface area (Å²) in [6.45, 7) is 6.57. The minimum atomic E-state index is 0.369. The van der Waals surface area contributed by atoms with Crippen LogP contribution in [0.4, 0.5) is 0 Å². The summed E-state index contributed by atoms with van der Waals surface area (Å²) in [5, 5.41) is 0. The molecule has 0 bridgehead atoms. The molecule has 0 atom stereocenters. The van der Waals surface area contributed by atoms with Crippen LogP contribution in [0.25, 0.3) is 0 Å². The van der Waals surface area contributed by atoms with Crippen molar-refractivity contribution in [3.63, 3.8) is 0 Å². The summed E-state index contributed by atoms with van der Waals surface area (Å²) in [5.74, 6) is 0.923. The van der Waals surface area contributed by atoms with Gasteiger partial charge in [0.15, 0.2) is 0 Å². The van der Waals surface area contributed by atoms with E-state index in [0.29, 0.717) is 15.0 Å². The number of hydrogen-bond acceptors (Lipinski definition) is 1. The number of methoxy groups -OCH3 is 1. The Hall–Kier alpha value is -1.24. The summed E-state index contributed by atoms with van der Waals surface area (Å²) in [4.78, 5) is 0. The summed E-state index contributed by atoms with van der Waals surface area (Å²) in [6.07, 6.45) is 0. The molecule has 2 rings (SSSR count). The second-order valence-corrected chi connectivity index (χ2v) is 6.78. The number of benzene rings is 2. The van der Waals surface area contributed by atoms with Gasteiger partial charge in [0.2, 0.25) is 0 Å². The fourth-order valence-corrected chi connectivity index (χ4v) is 4.08. The van der Waals surface area contributed by atoms with E-state index >= 15 is 0 Å². The second-order valence-electron chi connectivity index (χ2n) is 4.51. The SMILES string of the molecule is COc1ccc([Se]c2c(C)cc(C)cc2C)cc1. The maximum atomic E-state index is 5.19. The molecule has 0 radical (unpaired) electrons. The van der Waals surface area contributed by atoms with Crippen molar-refractivity contribution >= 4 is 23.9 Å². The third-order valence-corrected chi connectivity index (χ3v) is 5.73. The van der Waals surface area contributed by atoms with Gasteiger partial charge in [-0.05, 0) is 0 Å². The molecule has 0 aliphatic heterocycles. The predicted molar refractivity (Wildman–Crippen MR) is 78.7 cm³/mol. The quantitative estimate of drug-likeness (QED) is 0.791. The van der Waals surface area contributed by atoms with Crippen LogP contribution < -0.4 is 13.7 Å². The molecule has 0 aromatic heterocycles. The number of ether oxygens (including phenoxy) is 1. The Kier molecular flexibility index (Phi) is 4.11. The average Bonchev–Trinajstić information content (AvgIpc) is 2.34. The fourth-order valence-electron chi connectivity index (χ4n) is 2.09. The third kappa shape index (κ3) is 2.95. The summed E-state index contributed by atoms with van der Waals surface area (Å²) in [5.41, 5.74) is 4.16. The Morgan fingerprint density at radius 1 is 0.889 bits per heavy atom. The van der Waals surface area contributed by atoms with Crippen LogP contribution in [0.15, 0.2) is 36.4 Å². The van der Waals surface area contributed by atoms with Crippen molar-refractivity contribution < 1.29 is 4.74 Å². The minimum absolute atomic E-state index is 0.369. The van der Waals surface area contributed by atoms with Gasteiger partial charge in [0.25, 0.3) is 0 Å². The van der Waals surface area contributed by atoms with E-state index in [4.69, 9.17) is 4.74 Å². The van der Waals surface area contributed by atoms with E-state index in [2.05, 4.69) is 45.0 Å². The van der Waals surface area contributed by atoms with Crippen molar-refractivity contribution in [1.29, 1.82) is 0 Å². The van der Waals surface area contributed by atoms with Crippen LogP contribution in [-0.2, 0) is 0 Å².